The molecule has 18 heavy (non-hydrogen) atoms. The summed E-state index contributed by atoms with van der Waals surface area (Å²) in [6, 6.07) is 3.55. The molecule has 0 unspecified atom stereocenters. The van der Waals surface area contributed by atoms with Crippen LogP contribution >= 0.6 is 0 Å². The maximum absolute atomic E-state index is 11.9. The van der Waals surface area contributed by atoms with Crippen LogP contribution in [0.5, 0.6) is 0 Å². The molecule has 100 valence electrons. The molecule has 0 amide bonds. The van der Waals surface area contributed by atoms with E-state index in [2.05, 4.69) is 13.8 Å². The third-order valence-electron chi connectivity index (χ3n) is 3.07. The molecular formula is C15H23NO2. The van der Waals surface area contributed by atoms with Gasteiger partial charge in [-0.15, -0.1) is 0 Å². The largest absolute Gasteiger partial charge is 0.462 e. The zero-order valence-corrected chi connectivity index (χ0v) is 11.7. The third kappa shape index (κ3) is 4.06. The van der Waals surface area contributed by atoms with Gasteiger partial charge in [0.25, 0.3) is 0 Å². The summed E-state index contributed by atoms with van der Waals surface area (Å²) in [6.07, 6.45) is 1.98. The number of carbonyl (C=O) groups excluding carboxylic acids is 1. The third-order valence-corrected chi connectivity index (χ3v) is 3.07. The monoisotopic (exact) mass is 249 g/mol. The normalized spacial score (nSPS) is 10.7. The summed E-state index contributed by atoms with van der Waals surface area (Å²) in [5.74, 6) is 0.367. The second-order valence-corrected chi connectivity index (χ2v) is 5.18. The van der Waals surface area contributed by atoms with Gasteiger partial charge in [-0.05, 0) is 55.9 Å². The number of hydrogen-bond donors (Lipinski definition) is 1. The smallest absolute Gasteiger partial charge is 0.338 e. The zero-order chi connectivity index (χ0) is 13.7. The Kier molecular flexibility index (Phi) is 5.20. The molecule has 1 aromatic carbocycles. The van der Waals surface area contributed by atoms with E-state index >= 15 is 0 Å². The van der Waals surface area contributed by atoms with Crippen molar-refractivity contribution in [2.45, 2.75) is 40.5 Å². The van der Waals surface area contributed by atoms with Gasteiger partial charge in [-0.2, -0.15) is 0 Å². The van der Waals surface area contributed by atoms with E-state index in [1.54, 1.807) is 6.07 Å². The Hall–Kier alpha value is -1.51. The van der Waals surface area contributed by atoms with Crippen LogP contribution in [0.2, 0.25) is 0 Å². The topological polar surface area (TPSA) is 52.3 Å². The molecule has 3 heteroatoms. The number of nitrogens with two attached hydrogens (primary N) is 1. The first kappa shape index (κ1) is 14.6. The lowest BCUT2D eigenvalue weighted by atomic mass is 10.0. The Bertz CT molecular complexity index is 425. The van der Waals surface area contributed by atoms with E-state index in [1.807, 2.05) is 19.9 Å². The van der Waals surface area contributed by atoms with Crippen LogP contribution < -0.4 is 5.73 Å². The first-order valence-corrected chi connectivity index (χ1v) is 6.45. The van der Waals surface area contributed by atoms with Crippen LogP contribution in [0, 0.1) is 19.8 Å². The van der Waals surface area contributed by atoms with Gasteiger partial charge < -0.3 is 10.5 Å². The van der Waals surface area contributed by atoms with Gasteiger partial charge in [-0.1, -0.05) is 13.8 Å². The van der Waals surface area contributed by atoms with E-state index in [0.717, 1.165) is 24.0 Å². The maximum atomic E-state index is 11.9. The van der Waals surface area contributed by atoms with Gasteiger partial charge in [0.05, 0.1) is 12.2 Å². The van der Waals surface area contributed by atoms with Crippen molar-refractivity contribution in [3.8, 4) is 0 Å². The molecule has 0 fully saturated rings. The molecule has 0 spiro atoms. The van der Waals surface area contributed by atoms with Crippen molar-refractivity contribution in [1.82, 2.24) is 0 Å². The van der Waals surface area contributed by atoms with Crippen molar-refractivity contribution in [2.24, 2.45) is 5.92 Å². The van der Waals surface area contributed by atoms with Gasteiger partial charge >= 0.3 is 5.97 Å². The zero-order valence-electron chi connectivity index (χ0n) is 11.7. The van der Waals surface area contributed by atoms with E-state index in [-0.39, 0.29) is 5.97 Å². The highest BCUT2D eigenvalue weighted by molar-refractivity contribution is 5.92. The Labute approximate surface area is 109 Å². The van der Waals surface area contributed by atoms with Crippen LogP contribution in [0.4, 0.5) is 5.69 Å². The summed E-state index contributed by atoms with van der Waals surface area (Å²) in [5.41, 5.74) is 8.90. The molecule has 2 N–H and O–H groups in total. The van der Waals surface area contributed by atoms with Crippen molar-refractivity contribution in [3.05, 3.63) is 28.8 Å². The first-order valence-electron chi connectivity index (χ1n) is 6.45. The van der Waals surface area contributed by atoms with Crippen molar-refractivity contribution in [1.29, 1.82) is 0 Å². The summed E-state index contributed by atoms with van der Waals surface area (Å²) in [7, 11) is 0. The van der Waals surface area contributed by atoms with E-state index in [1.165, 1.54) is 0 Å². The fraction of sp³-hybridized carbons (Fsp3) is 0.533. The number of carbonyl (C=O) groups is 1. The summed E-state index contributed by atoms with van der Waals surface area (Å²) in [4.78, 5) is 11.9. The quantitative estimate of drug-likeness (QED) is 0.494. The summed E-state index contributed by atoms with van der Waals surface area (Å²) >= 11 is 0. The number of esters is 1. The molecule has 3 nitrogen and oxygen atoms in total. The number of rotatable bonds is 5. The second kappa shape index (κ2) is 6.43. The highest BCUT2D eigenvalue weighted by atomic mass is 16.5. The minimum atomic E-state index is -0.272. The van der Waals surface area contributed by atoms with Crippen LogP contribution in [0.1, 0.15) is 48.2 Å². The standard InChI is InChI=1S/C15H23NO2/c1-10(2)6-5-7-18-15(17)14-9-13(16)8-11(3)12(14)4/h8-10H,5-7,16H2,1-4H3. The maximum Gasteiger partial charge on any atom is 0.338 e. The fourth-order valence-corrected chi connectivity index (χ4v) is 1.83. The van der Waals surface area contributed by atoms with Crippen LogP contribution in [0.15, 0.2) is 12.1 Å². The lowest BCUT2D eigenvalue weighted by Crippen LogP contribution is -2.10. The van der Waals surface area contributed by atoms with Gasteiger partial charge in [-0.25, -0.2) is 4.79 Å². The number of ether oxygens (including phenoxy) is 1. The molecule has 0 aliphatic heterocycles. The number of benzene rings is 1. The predicted octanol–water partition coefficient (Wildman–Crippen LogP) is 3.48. The molecule has 1 aromatic rings. The van der Waals surface area contributed by atoms with Gasteiger partial charge in [0.15, 0.2) is 0 Å². The molecule has 0 aromatic heterocycles. The molecule has 0 aliphatic rings. The van der Waals surface area contributed by atoms with Crippen molar-refractivity contribution in [2.75, 3.05) is 12.3 Å². The Morgan fingerprint density at radius 3 is 2.61 bits per heavy atom. The lowest BCUT2D eigenvalue weighted by molar-refractivity contribution is 0.0494. The highest BCUT2D eigenvalue weighted by Crippen LogP contribution is 2.18. The Balaban J connectivity index is 2.62. The van der Waals surface area contributed by atoms with E-state index in [4.69, 9.17) is 10.5 Å². The van der Waals surface area contributed by atoms with Gasteiger partial charge in [0.1, 0.15) is 0 Å². The van der Waals surface area contributed by atoms with Gasteiger partial charge in [0, 0.05) is 5.69 Å². The van der Waals surface area contributed by atoms with Crippen molar-refractivity contribution < 1.29 is 9.53 Å². The van der Waals surface area contributed by atoms with Gasteiger partial charge in [0.2, 0.25) is 0 Å². The predicted molar refractivity (Wildman–Crippen MR) is 74.7 cm³/mol. The molecular weight excluding hydrogens is 226 g/mol. The van der Waals surface area contributed by atoms with Crippen LogP contribution in [-0.4, -0.2) is 12.6 Å². The SMILES string of the molecule is Cc1cc(N)cc(C(=O)OCCCC(C)C)c1C. The number of aryl methyl sites for hydroxylation is 1. The molecule has 0 atom stereocenters. The van der Waals surface area contributed by atoms with Crippen molar-refractivity contribution >= 4 is 11.7 Å². The molecule has 0 aliphatic carbocycles. The highest BCUT2D eigenvalue weighted by Gasteiger charge is 2.12. The van der Waals surface area contributed by atoms with Gasteiger partial charge in [-0.3, -0.25) is 0 Å². The molecule has 0 saturated carbocycles. The number of anilines is 1. The molecule has 0 radical (unpaired) electrons. The molecule has 0 heterocycles. The van der Waals surface area contributed by atoms with Crippen LogP contribution in [-0.2, 0) is 4.74 Å². The lowest BCUT2D eigenvalue weighted by Gasteiger charge is -2.10. The van der Waals surface area contributed by atoms with E-state index in [9.17, 15) is 4.79 Å². The minimum Gasteiger partial charge on any atom is -0.462 e. The average molecular weight is 249 g/mol. The molecule has 1 rings (SSSR count). The Morgan fingerprint density at radius 2 is 2.00 bits per heavy atom. The molecule has 0 bridgehead atoms. The average Bonchev–Trinajstić information content (AvgIpc) is 2.28. The number of hydrogen-bond acceptors (Lipinski definition) is 3. The fourth-order valence-electron chi connectivity index (χ4n) is 1.83. The summed E-state index contributed by atoms with van der Waals surface area (Å²) in [5, 5.41) is 0. The summed E-state index contributed by atoms with van der Waals surface area (Å²) in [6.45, 7) is 8.66. The van der Waals surface area contributed by atoms with E-state index in [0.29, 0.717) is 23.8 Å². The second-order valence-electron chi connectivity index (χ2n) is 5.18. The van der Waals surface area contributed by atoms with Crippen LogP contribution in [0.3, 0.4) is 0 Å². The van der Waals surface area contributed by atoms with Crippen molar-refractivity contribution in [3.63, 3.8) is 0 Å². The first-order chi connectivity index (χ1) is 8.41. The van der Waals surface area contributed by atoms with Crippen LogP contribution in [0.25, 0.3) is 0 Å². The molecule has 0 saturated heterocycles. The van der Waals surface area contributed by atoms with E-state index < -0.39 is 0 Å². The Morgan fingerprint density at radius 1 is 1.33 bits per heavy atom. The summed E-state index contributed by atoms with van der Waals surface area (Å²) < 4.78 is 5.27. The number of nitrogen functional groups attached to an aromatic ring is 1. The minimum absolute atomic E-state index is 0.272.